The number of methoxy groups -OCH3 is 1. The fourth-order valence-corrected chi connectivity index (χ4v) is 1.55. The number of hydrogen-bond acceptors (Lipinski definition) is 2. The second-order valence-electron chi connectivity index (χ2n) is 4.12. The Morgan fingerprint density at radius 1 is 1.35 bits per heavy atom. The van der Waals surface area contributed by atoms with E-state index in [0.717, 1.165) is 11.3 Å². The summed E-state index contributed by atoms with van der Waals surface area (Å²) in [5, 5.41) is 5.57. The summed E-state index contributed by atoms with van der Waals surface area (Å²) in [4.78, 5) is 11.6. The normalized spacial score (nSPS) is 10.4. The van der Waals surface area contributed by atoms with Gasteiger partial charge in [0.2, 0.25) is 0 Å². The van der Waals surface area contributed by atoms with Crippen LogP contribution in [0.3, 0.4) is 0 Å². The van der Waals surface area contributed by atoms with Gasteiger partial charge in [0, 0.05) is 19.3 Å². The van der Waals surface area contributed by atoms with E-state index in [-0.39, 0.29) is 6.03 Å². The highest BCUT2D eigenvalue weighted by Gasteiger charge is 2.08. The highest BCUT2D eigenvalue weighted by molar-refractivity contribution is 5.90. The third-order valence-electron chi connectivity index (χ3n) is 2.42. The van der Waals surface area contributed by atoms with Crippen molar-refractivity contribution in [3.05, 3.63) is 29.8 Å². The number of benzene rings is 1. The quantitative estimate of drug-likeness (QED) is 0.772. The first-order valence-electron chi connectivity index (χ1n) is 5.78. The number of urea groups is 1. The highest BCUT2D eigenvalue weighted by atomic mass is 16.5. The molecule has 0 aliphatic heterocycles. The Morgan fingerprint density at radius 3 is 2.71 bits per heavy atom. The van der Waals surface area contributed by atoms with Crippen LogP contribution in [0.2, 0.25) is 0 Å². The molecule has 0 bridgehead atoms. The molecule has 0 saturated carbocycles. The van der Waals surface area contributed by atoms with E-state index in [1.54, 1.807) is 7.11 Å². The lowest BCUT2D eigenvalue weighted by atomic mass is 10.0. The van der Waals surface area contributed by atoms with Crippen LogP contribution >= 0.6 is 0 Å². The van der Waals surface area contributed by atoms with Crippen LogP contribution in [-0.2, 0) is 4.74 Å². The van der Waals surface area contributed by atoms with Gasteiger partial charge in [0.1, 0.15) is 0 Å². The number of anilines is 1. The molecule has 0 heterocycles. The van der Waals surface area contributed by atoms with Gasteiger partial charge in [-0.3, -0.25) is 0 Å². The molecular weight excluding hydrogens is 216 g/mol. The Bertz CT molecular complexity index is 364. The summed E-state index contributed by atoms with van der Waals surface area (Å²) in [5.74, 6) is 0.380. The van der Waals surface area contributed by atoms with Crippen LogP contribution in [0.4, 0.5) is 10.5 Å². The Labute approximate surface area is 102 Å². The number of amides is 2. The molecule has 0 atom stereocenters. The van der Waals surface area contributed by atoms with Crippen molar-refractivity contribution in [2.75, 3.05) is 25.6 Å². The summed E-state index contributed by atoms with van der Waals surface area (Å²) in [7, 11) is 1.60. The largest absolute Gasteiger partial charge is 0.383 e. The van der Waals surface area contributed by atoms with Crippen molar-refractivity contribution in [1.82, 2.24) is 5.32 Å². The molecule has 0 radical (unpaired) electrons. The highest BCUT2D eigenvalue weighted by Crippen LogP contribution is 2.23. The van der Waals surface area contributed by atoms with Gasteiger partial charge in [0.25, 0.3) is 0 Å². The first-order chi connectivity index (χ1) is 8.15. The summed E-state index contributed by atoms with van der Waals surface area (Å²) >= 11 is 0. The summed E-state index contributed by atoms with van der Waals surface area (Å²) in [6.45, 7) is 5.22. The number of ether oxygens (including phenoxy) is 1. The molecule has 0 aliphatic rings. The third-order valence-corrected chi connectivity index (χ3v) is 2.42. The topological polar surface area (TPSA) is 50.4 Å². The predicted molar refractivity (Wildman–Crippen MR) is 69.4 cm³/mol. The van der Waals surface area contributed by atoms with Crippen molar-refractivity contribution in [3.8, 4) is 0 Å². The molecular formula is C13H20N2O2. The summed E-state index contributed by atoms with van der Waals surface area (Å²) in [5.41, 5.74) is 1.99. The fraction of sp³-hybridized carbons (Fsp3) is 0.462. The molecule has 0 aromatic heterocycles. The van der Waals surface area contributed by atoms with Crippen molar-refractivity contribution in [1.29, 1.82) is 0 Å². The van der Waals surface area contributed by atoms with Crippen molar-refractivity contribution >= 4 is 11.7 Å². The van der Waals surface area contributed by atoms with Gasteiger partial charge >= 0.3 is 6.03 Å². The predicted octanol–water partition coefficient (Wildman–Crippen LogP) is 2.58. The van der Waals surface area contributed by atoms with Crippen LogP contribution in [-0.4, -0.2) is 26.3 Å². The SMILES string of the molecule is COCCNC(=O)Nc1ccccc1C(C)C. The molecule has 0 aliphatic carbocycles. The minimum absolute atomic E-state index is 0.199. The summed E-state index contributed by atoms with van der Waals surface area (Å²) in [6, 6.07) is 7.62. The first kappa shape index (κ1) is 13.5. The van der Waals surface area contributed by atoms with E-state index in [2.05, 4.69) is 24.5 Å². The van der Waals surface area contributed by atoms with Gasteiger partial charge in [0.05, 0.1) is 6.61 Å². The van der Waals surface area contributed by atoms with E-state index in [1.807, 2.05) is 24.3 Å². The molecule has 94 valence electrons. The number of hydrogen-bond donors (Lipinski definition) is 2. The average Bonchev–Trinajstić information content (AvgIpc) is 2.29. The Balaban J connectivity index is 2.58. The van der Waals surface area contributed by atoms with Gasteiger partial charge in [-0.25, -0.2) is 4.79 Å². The maximum atomic E-state index is 11.6. The number of rotatable bonds is 5. The van der Waals surface area contributed by atoms with Crippen LogP contribution < -0.4 is 10.6 Å². The second kappa shape index (κ2) is 6.91. The zero-order chi connectivity index (χ0) is 12.7. The number of carbonyl (C=O) groups is 1. The molecule has 2 N–H and O–H groups in total. The van der Waals surface area contributed by atoms with Crippen molar-refractivity contribution in [3.63, 3.8) is 0 Å². The van der Waals surface area contributed by atoms with E-state index >= 15 is 0 Å². The summed E-state index contributed by atoms with van der Waals surface area (Å²) in [6.07, 6.45) is 0. The minimum atomic E-state index is -0.199. The first-order valence-corrected chi connectivity index (χ1v) is 5.78. The van der Waals surface area contributed by atoms with Crippen molar-refractivity contribution in [2.45, 2.75) is 19.8 Å². The van der Waals surface area contributed by atoms with Crippen LogP contribution in [0, 0.1) is 0 Å². The number of nitrogens with one attached hydrogen (secondary N) is 2. The molecule has 0 spiro atoms. The maximum Gasteiger partial charge on any atom is 0.319 e. The average molecular weight is 236 g/mol. The number of carbonyl (C=O) groups excluding carboxylic acids is 1. The lowest BCUT2D eigenvalue weighted by Crippen LogP contribution is -2.31. The van der Waals surface area contributed by atoms with Crippen molar-refractivity contribution < 1.29 is 9.53 Å². The lowest BCUT2D eigenvalue weighted by Gasteiger charge is -2.14. The van der Waals surface area contributed by atoms with Gasteiger partial charge in [-0.05, 0) is 17.5 Å². The Kier molecular flexibility index (Phi) is 5.49. The monoisotopic (exact) mass is 236 g/mol. The molecule has 17 heavy (non-hydrogen) atoms. The smallest absolute Gasteiger partial charge is 0.319 e. The van der Waals surface area contributed by atoms with Gasteiger partial charge < -0.3 is 15.4 Å². The zero-order valence-electron chi connectivity index (χ0n) is 10.6. The molecule has 4 heteroatoms. The molecule has 4 nitrogen and oxygen atoms in total. The fourth-order valence-electron chi connectivity index (χ4n) is 1.55. The molecule has 1 aromatic rings. The zero-order valence-corrected chi connectivity index (χ0v) is 10.6. The lowest BCUT2D eigenvalue weighted by molar-refractivity contribution is 0.198. The molecule has 1 aromatic carbocycles. The summed E-state index contributed by atoms with van der Waals surface area (Å²) < 4.78 is 4.86. The molecule has 0 saturated heterocycles. The van der Waals surface area contributed by atoms with Crippen LogP contribution in [0.5, 0.6) is 0 Å². The molecule has 2 amide bonds. The standard InChI is InChI=1S/C13H20N2O2/c1-10(2)11-6-4-5-7-12(11)15-13(16)14-8-9-17-3/h4-7,10H,8-9H2,1-3H3,(H2,14,15,16). The van der Waals surface area contributed by atoms with Crippen LogP contribution in [0.1, 0.15) is 25.3 Å². The third kappa shape index (κ3) is 4.44. The number of para-hydroxylation sites is 1. The second-order valence-corrected chi connectivity index (χ2v) is 4.12. The van der Waals surface area contributed by atoms with Crippen molar-refractivity contribution in [2.24, 2.45) is 0 Å². The van der Waals surface area contributed by atoms with E-state index < -0.39 is 0 Å². The van der Waals surface area contributed by atoms with E-state index in [4.69, 9.17) is 4.74 Å². The Morgan fingerprint density at radius 2 is 2.06 bits per heavy atom. The van der Waals surface area contributed by atoms with E-state index in [0.29, 0.717) is 19.1 Å². The molecule has 0 fully saturated rings. The van der Waals surface area contributed by atoms with Gasteiger partial charge in [-0.15, -0.1) is 0 Å². The minimum Gasteiger partial charge on any atom is -0.383 e. The van der Waals surface area contributed by atoms with Crippen LogP contribution in [0.25, 0.3) is 0 Å². The molecule has 0 unspecified atom stereocenters. The maximum absolute atomic E-state index is 11.6. The van der Waals surface area contributed by atoms with Gasteiger partial charge in [-0.2, -0.15) is 0 Å². The van der Waals surface area contributed by atoms with Crippen LogP contribution in [0.15, 0.2) is 24.3 Å². The van der Waals surface area contributed by atoms with E-state index in [1.165, 1.54) is 0 Å². The Hall–Kier alpha value is -1.55. The van der Waals surface area contributed by atoms with Gasteiger partial charge in [0.15, 0.2) is 0 Å². The molecule has 1 rings (SSSR count). The van der Waals surface area contributed by atoms with E-state index in [9.17, 15) is 4.79 Å². The van der Waals surface area contributed by atoms with Gasteiger partial charge in [-0.1, -0.05) is 32.0 Å².